The van der Waals surface area contributed by atoms with E-state index in [4.69, 9.17) is 0 Å². The van der Waals surface area contributed by atoms with E-state index in [9.17, 15) is 9.90 Å². The molecule has 0 bridgehead atoms. The highest BCUT2D eigenvalue weighted by Crippen LogP contribution is 2.22. The maximum atomic E-state index is 12.3. The van der Waals surface area contributed by atoms with E-state index in [1.54, 1.807) is 4.68 Å². The lowest BCUT2D eigenvalue weighted by Crippen LogP contribution is -2.38. The molecule has 0 amide bonds. The van der Waals surface area contributed by atoms with Gasteiger partial charge >= 0.3 is 0 Å². The molecule has 0 saturated heterocycles. The zero-order valence-electron chi connectivity index (χ0n) is 11.7. The SMILES string of the molecule is CCC(O)(CC)C(=O)Cc1nn(C)c2ccccc12. The Balaban J connectivity index is 2.34. The van der Waals surface area contributed by atoms with E-state index in [1.807, 2.05) is 45.2 Å². The van der Waals surface area contributed by atoms with Crippen LogP contribution in [-0.2, 0) is 18.3 Å². The highest BCUT2D eigenvalue weighted by atomic mass is 16.3. The Morgan fingerprint density at radius 1 is 1.32 bits per heavy atom. The Morgan fingerprint density at radius 2 is 1.95 bits per heavy atom. The lowest BCUT2D eigenvalue weighted by Gasteiger charge is -2.22. The smallest absolute Gasteiger partial charge is 0.170 e. The van der Waals surface area contributed by atoms with Gasteiger partial charge in [0.2, 0.25) is 0 Å². The standard InChI is InChI=1S/C15H20N2O2/c1-4-15(19,5-2)14(18)10-12-11-8-6-7-9-13(11)17(3)16-12/h6-9,19H,4-5,10H2,1-3H3. The molecule has 0 aliphatic heterocycles. The first kappa shape index (κ1) is 13.7. The van der Waals surface area contributed by atoms with Crippen LogP contribution >= 0.6 is 0 Å². The maximum Gasteiger partial charge on any atom is 0.170 e. The van der Waals surface area contributed by atoms with E-state index in [1.165, 1.54) is 0 Å². The van der Waals surface area contributed by atoms with E-state index in [-0.39, 0.29) is 12.2 Å². The van der Waals surface area contributed by atoms with Crippen LogP contribution < -0.4 is 0 Å². The fraction of sp³-hybridized carbons (Fsp3) is 0.467. The number of aromatic nitrogens is 2. The van der Waals surface area contributed by atoms with Crippen molar-refractivity contribution in [1.29, 1.82) is 0 Å². The minimum absolute atomic E-state index is 0.152. The molecule has 0 radical (unpaired) electrons. The molecule has 0 atom stereocenters. The summed E-state index contributed by atoms with van der Waals surface area (Å²) in [6.45, 7) is 3.66. The topological polar surface area (TPSA) is 55.1 Å². The third kappa shape index (κ3) is 2.40. The second kappa shape index (κ2) is 5.13. The summed E-state index contributed by atoms with van der Waals surface area (Å²) in [7, 11) is 1.86. The third-order valence-electron chi connectivity index (χ3n) is 3.85. The minimum atomic E-state index is -1.22. The van der Waals surface area contributed by atoms with E-state index < -0.39 is 5.60 Å². The number of ketones is 1. The highest BCUT2D eigenvalue weighted by Gasteiger charge is 2.32. The van der Waals surface area contributed by atoms with Gasteiger partial charge in [-0.1, -0.05) is 32.0 Å². The highest BCUT2D eigenvalue weighted by molar-refractivity contribution is 5.92. The molecule has 102 valence electrons. The summed E-state index contributed by atoms with van der Waals surface area (Å²) in [6, 6.07) is 7.82. The lowest BCUT2D eigenvalue weighted by atomic mass is 9.89. The van der Waals surface area contributed by atoms with E-state index in [2.05, 4.69) is 5.10 Å². The number of carbonyl (C=O) groups is 1. The van der Waals surface area contributed by atoms with Gasteiger partial charge in [0.1, 0.15) is 5.60 Å². The molecular weight excluding hydrogens is 240 g/mol. The number of nitrogens with zero attached hydrogens (tertiary/aromatic N) is 2. The first-order valence-electron chi connectivity index (χ1n) is 6.68. The molecule has 0 unspecified atom stereocenters. The molecule has 1 heterocycles. The number of aryl methyl sites for hydroxylation is 1. The Labute approximate surface area is 113 Å². The Bertz CT molecular complexity index is 597. The monoisotopic (exact) mass is 260 g/mol. The normalized spacial score (nSPS) is 12.0. The average Bonchev–Trinajstić information content (AvgIpc) is 2.75. The van der Waals surface area contributed by atoms with Crippen LogP contribution in [0.2, 0.25) is 0 Å². The number of benzene rings is 1. The zero-order valence-corrected chi connectivity index (χ0v) is 11.7. The van der Waals surface area contributed by atoms with Gasteiger partial charge in [-0.3, -0.25) is 9.48 Å². The number of Topliss-reactive ketones (excluding diaryl/α,β-unsaturated/α-hetero) is 1. The van der Waals surface area contributed by atoms with Crippen molar-refractivity contribution in [2.24, 2.45) is 7.05 Å². The zero-order chi connectivity index (χ0) is 14.0. The molecule has 0 aliphatic rings. The second-order valence-electron chi connectivity index (χ2n) is 4.93. The fourth-order valence-electron chi connectivity index (χ4n) is 2.38. The van der Waals surface area contributed by atoms with Crippen molar-refractivity contribution in [1.82, 2.24) is 9.78 Å². The first-order valence-corrected chi connectivity index (χ1v) is 6.68. The Hall–Kier alpha value is -1.68. The minimum Gasteiger partial charge on any atom is -0.382 e. The fourth-order valence-corrected chi connectivity index (χ4v) is 2.38. The molecule has 1 N–H and O–H groups in total. The number of hydrogen-bond acceptors (Lipinski definition) is 3. The van der Waals surface area contributed by atoms with Crippen LogP contribution in [0.4, 0.5) is 0 Å². The second-order valence-corrected chi connectivity index (χ2v) is 4.93. The van der Waals surface area contributed by atoms with E-state index >= 15 is 0 Å². The molecular formula is C15H20N2O2. The van der Waals surface area contributed by atoms with Gasteiger partial charge in [-0.05, 0) is 18.9 Å². The number of aliphatic hydroxyl groups is 1. The van der Waals surface area contributed by atoms with Crippen LogP contribution in [-0.4, -0.2) is 26.3 Å². The third-order valence-corrected chi connectivity index (χ3v) is 3.85. The van der Waals surface area contributed by atoms with Gasteiger partial charge in [-0.15, -0.1) is 0 Å². The summed E-state index contributed by atoms with van der Waals surface area (Å²) in [5, 5.41) is 15.6. The Kier molecular flexibility index (Phi) is 3.71. The number of carbonyl (C=O) groups excluding carboxylic acids is 1. The van der Waals surface area contributed by atoms with Crippen molar-refractivity contribution in [3.05, 3.63) is 30.0 Å². The van der Waals surface area contributed by atoms with Gasteiger partial charge in [0.15, 0.2) is 5.78 Å². The van der Waals surface area contributed by atoms with Gasteiger partial charge in [0.05, 0.1) is 17.6 Å². The van der Waals surface area contributed by atoms with Crippen molar-refractivity contribution < 1.29 is 9.90 Å². The summed E-state index contributed by atoms with van der Waals surface area (Å²) in [5.74, 6) is -0.152. The van der Waals surface area contributed by atoms with Gasteiger partial charge in [-0.25, -0.2) is 0 Å². The van der Waals surface area contributed by atoms with Crippen molar-refractivity contribution in [2.75, 3.05) is 0 Å². The number of para-hydroxylation sites is 1. The average molecular weight is 260 g/mol. The lowest BCUT2D eigenvalue weighted by molar-refractivity contribution is -0.137. The van der Waals surface area contributed by atoms with Gasteiger partial charge < -0.3 is 5.11 Å². The van der Waals surface area contributed by atoms with Crippen molar-refractivity contribution in [3.8, 4) is 0 Å². The molecule has 0 aliphatic carbocycles. The van der Waals surface area contributed by atoms with Crippen molar-refractivity contribution >= 4 is 16.7 Å². The molecule has 2 aromatic rings. The molecule has 0 fully saturated rings. The first-order chi connectivity index (χ1) is 9.01. The molecule has 2 rings (SSSR count). The van der Waals surface area contributed by atoms with Crippen LogP contribution in [0.1, 0.15) is 32.4 Å². The summed E-state index contributed by atoms with van der Waals surface area (Å²) >= 11 is 0. The molecule has 4 nitrogen and oxygen atoms in total. The van der Waals surface area contributed by atoms with Crippen LogP contribution in [0.5, 0.6) is 0 Å². The van der Waals surface area contributed by atoms with E-state index in [0.717, 1.165) is 16.6 Å². The maximum absolute atomic E-state index is 12.3. The van der Waals surface area contributed by atoms with Crippen molar-refractivity contribution in [2.45, 2.75) is 38.7 Å². The van der Waals surface area contributed by atoms with Crippen LogP contribution in [0, 0.1) is 0 Å². The van der Waals surface area contributed by atoms with Crippen molar-refractivity contribution in [3.63, 3.8) is 0 Å². The summed E-state index contributed by atoms with van der Waals surface area (Å²) < 4.78 is 1.77. The summed E-state index contributed by atoms with van der Waals surface area (Å²) in [6.07, 6.45) is 1.06. The van der Waals surface area contributed by atoms with E-state index in [0.29, 0.717) is 12.8 Å². The number of hydrogen-bond donors (Lipinski definition) is 1. The van der Waals surface area contributed by atoms with Crippen LogP contribution in [0.3, 0.4) is 0 Å². The van der Waals surface area contributed by atoms with Gasteiger partial charge in [0, 0.05) is 12.4 Å². The molecule has 1 aromatic heterocycles. The summed E-state index contributed by atoms with van der Waals surface area (Å²) in [5.41, 5.74) is 0.517. The molecule has 0 spiro atoms. The van der Waals surface area contributed by atoms with Gasteiger partial charge in [0.25, 0.3) is 0 Å². The molecule has 19 heavy (non-hydrogen) atoms. The molecule has 1 aromatic carbocycles. The van der Waals surface area contributed by atoms with Crippen LogP contribution in [0.15, 0.2) is 24.3 Å². The quantitative estimate of drug-likeness (QED) is 0.897. The largest absolute Gasteiger partial charge is 0.382 e. The Morgan fingerprint density at radius 3 is 2.58 bits per heavy atom. The number of rotatable bonds is 5. The predicted octanol–water partition coefficient (Wildman–Crippen LogP) is 2.24. The summed E-state index contributed by atoms with van der Waals surface area (Å²) in [4.78, 5) is 12.3. The molecule has 4 heteroatoms. The van der Waals surface area contributed by atoms with Gasteiger partial charge in [-0.2, -0.15) is 5.10 Å². The molecule has 0 saturated carbocycles. The number of fused-ring (bicyclic) bond motifs is 1. The predicted molar refractivity (Wildman–Crippen MR) is 75.0 cm³/mol. The van der Waals surface area contributed by atoms with Crippen LogP contribution in [0.25, 0.3) is 10.9 Å².